The lowest BCUT2D eigenvalue weighted by Gasteiger charge is -2.32. The standard InChI is InChI=1S/C24H32N6S.HI/c1-3-25-24(26-15-19(2)29-13-9-23-22(17-29)10-14-31-23)27-16-20-7-4-5-8-21(20)18-30-12-6-11-28-30;/h4-8,10-12,14,19H,3,9,13,15-18H2,1-2H3,(H2,25,26,27);1H. The second-order valence-electron chi connectivity index (χ2n) is 7.99. The van der Waals surface area contributed by atoms with Crippen LogP contribution in [0.25, 0.3) is 0 Å². The van der Waals surface area contributed by atoms with Crippen LogP contribution in [0.3, 0.4) is 0 Å². The first-order valence-electron chi connectivity index (χ1n) is 11.1. The highest BCUT2D eigenvalue weighted by Crippen LogP contribution is 2.25. The van der Waals surface area contributed by atoms with Crippen molar-refractivity contribution in [1.29, 1.82) is 0 Å². The number of hydrogen-bond acceptors (Lipinski definition) is 4. The van der Waals surface area contributed by atoms with Gasteiger partial charge in [0, 0.05) is 49.5 Å². The van der Waals surface area contributed by atoms with Crippen LogP contribution in [0.2, 0.25) is 0 Å². The quantitative estimate of drug-likeness (QED) is 0.246. The van der Waals surface area contributed by atoms with Crippen LogP contribution in [-0.2, 0) is 26.1 Å². The van der Waals surface area contributed by atoms with E-state index in [9.17, 15) is 0 Å². The molecule has 3 heterocycles. The Morgan fingerprint density at radius 3 is 2.81 bits per heavy atom. The first kappa shape index (κ1) is 24.7. The Balaban J connectivity index is 0.00000289. The summed E-state index contributed by atoms with van der Waals surface area (Å²) in [6.45, 7) is 9.71. The summed E-state index contributed by atoms with van der Waals surface area (Å²) in [5.74, 6) is 0.872. The van der Waals surface area contributed by atoms with E-state index >= 15 is 0 Å². The van der Waals surface area contributed by atoms with Crippen molar-refractivity contribution in [3.05, 3.63) is 75.7 Å². The molecule has 8 heteroatoms. The fraction of sp³-hybridized carbons (Fsp3) is 0.417. The van der Waals surface area contributed by atoms with E-state index in [0.29, 0.717) is 12.6 Å². The van der Waals surface area contributed by atoms with E-state index in [1.165, 1.54) is 23.1 Å². The van der Waals surface area contributed by atoms with Crippen molar-refractivity contribution < 1.29 is 0 Å². The molecule has 32 heavy (non-hydrogen) atoms. The monoisotopic (exact) mass is 564 g/mol. The molecule has 0 radical (unpaired) electrons. The Bertz CT molecular complexity index is 984. The molecule has 2 N–H and O–H groups in total. The molecule has 1 aliphatic rings. The second-order valence-corrected chi connectivity index (χ2v) is 8.99. The summed E-state index contributed by atoms with van der Waals surface area (Å²) >= 11 is 1.89. The molecule has 0 aliphatic carbocycles. The summed E-state index contributed by atoms with van der Waals surface area (Å²) in [5.41, 5.74) is 3.97. The zero-order valence-electron chi connectivity index (χ0n) is 18.8. The third-order valence-corrected chi connectivity index (χ3v) is 6.81. The van der Waals surface area contributed by atoms with Gasteiger partial charge in [-0.3, -0.25) is 9.58 Å². The molecule has 0 bridgehead atoms. The average Bonchev–Trinajstić information content (AvgIpc) is 3.47. The third kappa shape index (κ3) is 6.55. The van der Waals surface area contributed by atoms with Crippen molar-refractivity contribution in [1.82, 2.24) is 25.3 Å². The minimum atomic E-state index is 0. The molecule has 0 saturated carbocycles. The van der Waals surface area contributed by atoms with Crippen LogP contribution in [0, 0.1) is 0 Å². The van der Waals surface area contributed by atoms with E-state index in [1.807, 2.05) is 34.5 Å². The van der Waals surface area contributed by atoms with Crippen LogP contribution < -0.4 is 10.6 Å². The van der Waals surface area contributed by atoms with E-state index in [4.69, 9.17) is 4.99 Å². The first-order chi connectivity index (χ1) is 15.2. The lowest BCUT2D eigenvalue weighted by molar-refractivity contribution is 0.192. The number of thiophene rings is 1. The smallest absolute Gasteiger partial charge is 0.191 e. The number of nitrogens with zero attached hydrogens (tertiary/aromatic N) is 4. The number of nitrogens with one attached hydrogen (secondary N) is 2. The summed E-state index contributed by atoms with van der Waals surface area (Å²) in [7, 11) is 0. The van der Waals surface area contributed by atoms with Gasteiger partial charge in [0.05, 0.1) is 13.1 Å². The molecular weight excluding hydrogens is 531 g/mol. The Morgan fingerprint density at radius 2 is 2.03 bits per heavy atom. The SMILES string of the molecule is CCNC(=NCc1ccccc1Cn1cccn1)NCC(C)N1CCc2sccc2C1.I. The van der Waals surface area contributed by atoms with E-state index in [-0.39, 0.29) is 24.0 Å². The largest absolute Gasteiger partial charge is 0.357 e. The maximum Gasteiger partial charge on any atom is 0.191 e. The lowest BCUT2D eigenvalue weighted by Crippen LogP contribution is -2.47. The number of fused-ring (bicyclic) bond motifs is 1. The van der Waals surface area contributed by atoms with Gasteiger partial charge in [0.1, 0.15) is 0 Å². The number of halogens is 1. The summed E-state index contributed by atoms with van der Waals surface area (Å²) in [6, 6.07) is 13.1. The van der Waals surface area contributed by atoms with Gasteiger partial charge < -0.3 is 10.6 Å². The van der Waals surface area contributed by atoms with Gasteiger partial charge in [0.25, 0.3) is 0 Å². The van der Waals surface area contributed by atoms with E-state index in [1.54, 1.807) is 4.88 Å². The maximum atomic E-state index is 4.87. The zero-order chi connectivity index (χ0) is 21.5. The molecule has 1 unspecified atom stereocenters. The van der Waals surface area contributed by atoms with E-state index in [2.05, 4.69) is 70.2 Å². The molecule has 0 amide bonds. The molecule has 3 aromatic rings. The minimum Gasteiger partial charge on any atom is -0.357 e. The average molecular weight is 565 g/mol. The van der Waals surface area contributed by atoms with Crippen molar-refractivity contribution in [3.8, 4) is 0 Å². The van der Waals surface area contributed by atoms with Crippen molar-refractivity contribution >= 4 is 41.3 Å². The van der Waals surface area contributed by atoms with Crippen molar-refractivity contribution in [2.75, 3.05) is 19.6 Å². The number of rotatable bonds is 8. The lowest BCUT2D eigenvalue weighted by atomic mass is 10.1. The van der Waals surface area contributed by atoms with Crippen molar-refractivity contribution in [3.63, 3.8) is 0 Å². The molecule has 6 nitrogen and oxygen atoms in total. The molecule has 1 aromatic carbocycles. The summed E-state index contributed by atoms with van der Waals surface area (Å²) in [5, 5.41) is 13.5. The van der Waals surface area contributed by atoms with Gasteiger partial charge in [-0.1, -0.05) is 24.3 Å². The number of hydrogen-bond donors (Lipinski definition) is 2. The molecule has 0 spiro atoms. The van der Waals surface area contributed by atoms with Crippen LogP contribution in [0.5, 0.6) is 0 Å². The number of guanidine groups is 1. The third-order valence-electron chi connectivity index (χ3n) is 5.79. The highest BCUT2D eigenvalue weighted by Gasteiger charge is 2.21. The zero-order valence-corrected chi connectivity index (χ0v) is 22.0. The fourth-order valence-corrected chi connectivity index (χ4v) is 4.85. The van der Waals surface area contributed by atoms with Crippen LogP contribution in [0.15, 0.2) is 59.2 Å². The molecule has 0 fully saturated rings. The maximum absolute atomic E-state index is 4.87. The molecule has 172 valence electrons. The van der Waals surface area contributed by atoms with Crippen molar-refractivity contribution in [2.45, 2.75) is 45.9 Å². The second kappa shape index (κ2) is 12.4. The van der Waals surface area contributed by atoms with E-state index in [0.717, 1.165) is 38.7 Å². The normalized spacial score (nSPS) is 15.0. The highest BCUT2D eigenvalue weighted by atomic mass is 127. The van der Waals surface area contributed by atoms with Gasteiger partial charge in [-0.05, 0) is 54.5 Å². The fourth-order valence-electron chi connectivity index (χ4n) is 3.96. The van der Waals surface area contributed by atoms with Crippen LogP contribution in [0.4, 0.5) is 0 Å². The molecule has 0 saturated heterocycles. The number of benzene rings is 1. The van der Waals surface area contributed by atoms with Crippen LogP contribution >= 0.6 is 35.3 Å². The van der Waals surface area contributed by atoms with Gasteiger partial charge in [0.2, 0.25) is 0 Å². The van der Waals surface area contributed by atoms with Gasteiger partial charge in [-0.2, -0.15) is 5.10 Å². The predicted octanol–water partition coefficient (Wildman–Crippen LogP) is 4.11. The minimum absolute atomic E-state index is 0. The van der Waals surface area contributed by atoms with Crippen LogP contribution in [0.1, 0.15) is 35.4 Å². The van der Waals surface area contributed by atoms with Crippen molar-refractivity contribution in [2.24, 2.45) is 4.99 Å². The van der Waals surface area contributed by atoms with Crippen LogP contribution in [-0.4, -0.2) is 46.3 Å². The highest BCUT2D eigenvalue weighted by molar-refractivity contribution is 14.0. The van der Waals surface area contributed by atoms with Gasteiger partial charge in [0.15, 0.2) is 5.96 Å². The molecule has 1 atom stereocenters. The van der Waals surface area contributed by atoms with Gasteiger partial charge in [-0.15, -0.1) is 35.3 Å². The Labute approximate surface area is 212 Å². The topological polar surface area (TPSA) is 57.5 Å². The van der Waals surface area contributed by atoms with E-state index < -0.39 is 0 Å². The molecular formula is C24H33IN6S. The molecule has 2 aromatic heterocycles. The summed E-state index contributed by atoms with van der Waals surface area (Å²) in [4.78, 5) is 8.98. The Hall–Kier alpha value is -1.91. The summed E-state index contributed by atoms with van der Waals surface area (Å²) in [6.07, 6.45) is 4.97. The van der Waals surface area contributed by atoms with Gasteiger partial charge >= 0.3 is 0 Å². The predicted molar refractivity (Wildman–Crippen MR) is 144 cm³/mol. The number of aliphatic imine (C=N–C) groups is 1. The summed E-state index contributed by atoms with van der Waals surface area (Å²) < 4.78 is 1.95. The van der Waals surface area contributed by atoms with Gasteiger partial charge in [-0.25, -0.2) is 4.99 Å². The number of aromatic nitrogens is 2. The Morgan fingerprint density at radius 1 is 1.19 bits per heavy atom. The molecule has 4 rings (SSSR count). The molecule has 1 aliphatic heterocycles. The Kier molecular flexibility index (Phi) is 9.55. The first-order valence-corrected chi connectivity index (χ1v) is 12.0.